The number of phenols is 1. The van der Waals surface area contributed by atoms with Gasteiger partial charge >= 0.3 is 12.4 Å². The standard InChI is InChI=1S/C14H8F6O/c15-13(16,17)9-5-8(6-10(7-9)14(18,19)20)11-3-1-2-4-12(11)21/h1-7,21H. The summed E-state index contributed by atoms with van der Waals surface area (Å²) in [7, 11) is 0. The fourth-order valence-electron chi connectivity index (χ4n) is 1.83. The summed E-state index contributed by atoms with van der Waals surface area (Å²) in [6.07, 6.45) is -9.83. The van der Waals surface area contributed by atoms with Gasteiger partial charge in [-0.15, -0.1) is 0 Å². The van der Waals surface area contributed by atoms with Crippen LogP contribution >= 0.6 is 0 Å². The zero-order chi connectivity index (χ0) is 15.8. The number of aromatic hydroxyl groups is 1. The van der Waals surface area contributed by atoms with Crippen LogP contribution in [0.25, 0.3) is 11.1 Å². The second-order valence-electron chi connectivity index (χ2n) is 4.31. The molecule has 0 spiro atoms. The predicted molar refractivity (Wildman–Crippen MR) is 63.5 cm³/mol. The van der Waals surface area contributed by atoms with Crippen LogP contribution in [0.3, 0.4) is 0 Å². The first-order valence-electron chi connectivity index (χ1n) is 5.67. The fourth-order valence-corrected chi connectivity index (χ4v) is 1.83. The van der Waals surface area contributed by atoms with Crippen molar-refractivity contribution in [1.29, 1.82) is 0 Å². The van der Waals surface area contributed by atoms with Crippen LogP contribution in [0.5, 0.6) is 5.75 Å². The molecule has 2 aromatic rings. The van der Waals surface area contributed by atoms with Gasteiger partial charge in [-0.3, -0.25) is 0 Å². The van der Waals surface area contributed by atoms with E-state index in [0.29, 0.717) is 12.1 Å². The molecule has 0 aliphatic heterocycles. The Labute approximate surface area is 115 Å². The minimum atomic E-state index is -4.92. The molecule has 2 aromatic carbocycles. The molecule has 0 fully saturated rings. The number of hydrogen-bond acceptors (Lipinski definition) is 1. The first-order valence-corrected chi connectivity index (χ1v) is 5.67. The van der Waals surface area contributed by atoms with Crippen LogP contribution in [0.2, 0.25) is 0 Å². The molecule has 0 amide bonds. The molecule has 0 saturated carbocycles. The van der Waals surface area contributed by atoms with Gasteiger partial charge in [0, 0.05) is 5.56 Å². The lowest BCUT2D eigenvalue weighted by Crippen LogP contribution is -2.11. The average molecular weight is 306 g/mol. The number of halogens is 6. The van der Waals surface area contributed by atoms with E-state index < -0.39 is 29.2 Å². The van der Waals surface area contributed by atoms with Crippen LogP contribution in [0.15, 0.2) is 42.5 Å². The van der Waals surface area contributed by atoms with E-state index in [1.54, 1.807) is 0 Å². The number of rotatable bonds is 1. The Hall–Kier alpha value is -2.18. The van der Waals surface area contributed by atoms with Gasteiger partial charge in [-0.05, 0) is 29.8 Å². The third kappa shape index (κ3) is 3.29. The largest absolute Gasteiger partial charge is 0.507 e. The molecule has 1 nitrogen and oxygen atoms in total. The van der Waals surface area contributed by atoms with Crippen molar-refractivity contribution < 1.29 is 31.4 Å². The van der Waals surface area contributed by atoms with Gasteiger partial charge in [-0.1, -0.05) is 18.2 Å². The van der Waals surface area contributed by atoms with Crippen molar-refractivity contribution in [3.05, 3.63) is 53.6 Å². The average Bonchev–Trinajstić information content (AvgIpc) is 2.36. The highest BCUT2D eigenvalue weighted by molar-refractivity contribution is 5.71. The first-order chi connectivity index (χ1) is 9.59. The second kappa shape index (κ2) is 4.98. The maximum absolute atomic E-state index is 12.7. The number of para-hydroxylation sites is 1. The molecule has 7 heteroatoms. The van der Waals surface area contributed by atoms with Crippen molar-refractivity contribution in [2.24, 2.45) is 0 Å². The Balaban J connectivity index is 2.70. The minimum absolute atomic E-state index is 0.0451. The van der Waals surface area contributed by atoms with E-state index in [2.05, 4.69) is 0 Å². The van der Waals surface area contributed by atoms with E-state index in [1.165, 1.54) is 24.3 Å². The van der Waals surface area contributed by atoms with Gasteiger partial charge in [-0.2, -0.15) is 26.3 Å². The van der Waals surface area contributed by atoms with Gasteiger partial charge in [0.15, 0.2) is 0 Å². The Morgan fingerprint density at radius 2 is 1.19 bits per heavy atom. The summed E-state index contributed by atoms with van der Waals surface area (Å²) in [6.45, 7) is 0. The molecule has 1 N–H and O–H groups in total. The van der Waals surface area contributed by atoms with Gasteiger partial charge in [0.1, 0.15) is 5.75 Å². The van der Waals surface area contributed by atoms with Crippen LogP contribution in [0, 0.1) is 0 Å². The summed E-state index contributed by atoms with van der Waals surface area (Å²) in [4.78, 5) is 0. The number of benzene rings is 2. The maximum Gasteiger partial charge on any atom is 0.416 e. The first kappa shape index (κ1) is 15.2. The molecule has 0 heterocycles. The van der Waals surface area contributed by atoms with Crippen LogP contribution in [0.4, 0.5) is 26.3 Å². The second-order valence-corrected chi connectivity index (χ2v) is 4.31. The van der Waals surface area contributed by atoms with Gasteiger partial charge < -0.3 is 5.11 Å². The summed E-state index contributed by atoms with van der Waals surface area (Å²) in [5.41, 5.74) is -3.30. The van der Waals surface area contributed by atoms with E-state index in [0.717, 1.165) is 0 Å². The third-order valence-corrected chi connectivity index (χ3v) is 2.80. The lowest BCUT2D eigenvalue weighted by Gasteiger charge is -2.14. The van der Waals surface area contributed by atoms with E-state index in [1.807, 2.05) is 0 Å². The Kier molecular flexibility index (Phi) is 3.61. The van der Waals surface area contributed by atoms with E-state index in [-0.39, 0.29) is 17.2 Å². The van der Waals surface area contributed by atoms with Gasteiger partial charge in [0.05, 0.1) is 11.1 Å². The summed E-state index contributed by atoms with van der Waals surface area (Å²) >= 11 is 0. The normalized spacial score (nSPS) is 12.5. The summed E-state index contributed by atoms with van der Waals surface area (Å²) < 4.78 is 76.3. The van der Waals surface area contributed by atoms with E-state index in [9.17, 15) is 31.4 Å². The molecule has 0 aromatic heterocycles. The summed E-state index contributed by atoms with van der Waals surface area (Å²) in [5.74, 6) is -0.398. The molecule has 0 radical (unpaired) electrons. The number of phenolic OH excluding ortho intramolecular Hbond substituents is 1. The molecular formula is C14H8F6O. The monoisotopic (exact) mass is 306 g/mol. The molecule has 0 atom stereocenters. The molecule has 2 rings (SSSR count). The summed E-state index contributed by atoms with van der Waals surface area (Å²) in [5, 5.41) is 9.59. The quantitative estimate of drug-likeness (QED) is 0.727. The lowest BCUT2D eigenvalue weighted by atomic mass is 9.98. The highest BCUT2D eigenvalue weighted by Gasteiger charge is 2.37. The number of alkyl halides is 6. The molecule has 0 aliphatic rings. The van der Waals surface area contributed by atoms with Gasteiger partial charge in [-0.25, -0.2) is 0 Å². The molecule has 0 bridgehead atoms. The predicted octanol–water partition coefficient (Wildman–Crippen LogP) is 5.10. The molecule has 21 heavy (non-hydrogen) atoms. The van der Waals surface area contributed by atoms with Gasteiger partial charge in [0.2, 0.25) is 0 Å². The van der Waals surface area contributed by atoms with Crippen molar-refractivity contribution in [3.63, 3.8) is 0 Å². The third-order valence-electron chi connectivity index (χ3n) is 2.80. The minimum Gasteiger partial charge on any atom is -0.507 e. The van der Waals surface area contributed by atoms with Crippen molar-refractivity contribution in [1.82, 2.24) is 0 Å². The van der Waals surface area contributed by atoms with Crippen LogP contribution in [-0.4, -0.2) is 5.11 Å². The molecule has 0 saturated heterocycles. The SMILES string of the molecule is Oc1ccccc1-c1cc(C(F)(F)F)cc(C(F)(F)F)c1. The molecule has 0 unspecified atom stereocenters. The lowest BCUT2D eigenvalue weighted by molar-refractivity contribution is -0.143. The maximum atomic E-state index is 12.7. The zero-order valence-electron chi connectivity index (χ0n) is 10.3. The van der Waals surface area contributed by atoms with Crippen molar-refractivity contribution >= 4 is 0 Å². The zero-order valence-corrected chi connectivity index (χ0v) is 10.3. The highest BCUT2D eigenvalue weighted by Crippen LogP contribution is 2.40. The highest BCUT2D eigenvalue weighted by atomic mass is 19.4. The number of hydrogen-bond donors (Lipinski definition) is 1. The Morgan fingerprint density at radius 3 is 1.62 bits per heavy atom. The van der Waals surface area contributed by atoms with Crippen molar-refractivity contribution in [2.75, 3.05) is 0 Å². The fraction of sp³-hybridized carbons (Fsp3) is 0.143. The Morgan fingerprint density at radius 1 is 0.714 bits per heavy atom. The van der Waals surface area contributed by atoms with Crippen LogP contribution in [0.1, 0.15) is 11.1 Å². The topological polar surface area (TPSA) is 20.2 Å². The molecule has 0 aliphatic carbocycles. The van der Waals surface area contributed by atoms with Crippen LogP contribution < -0.4 is 0 Å². The van der Waals surface area contributed by atoms with E-state index >= 15 is 0 Å². The summed E-state index contributed by atoms with van der Waals surface area (Å²) in [6, 6.07) is 6.44. The van der Waals surface area contributed by atoms with Crippen molar-refractivity contribution in [2.45, 2.75) is 12.4 Å². The van der Waals surface area contributed by atoms with Gasteiger partial charge in [0.25, 0.3) is 0 Å². The molecule has 112 valence electrons. The smallest absolute Gasteiger partial charge is 0.416 e. The van der Waals surface area contributed by atoms with Crippen molar-refractivity contribution in [3.8, 4) is 16.9 Å². The Bertz CT molecular complexity index is 625. The van der Waals surface area contributed by atoms with Crippen LogP contribution in [-0.2, 0) is 12.4 Å². The molecular weight excluding hydrogens is 298 g/mol. The van der Waals surface area contributed by atoms with E-state index in [4.69, 9.17) is 0 Å².